The van der Waals surface area contributed by atoms with Crippen LogP contribution >= 0.6 is 0 Å². The summed E-state index contributed by atoms with van der Waals surface area (Å²) in [5, 5.41) is 10.7. The monoisotopic (exact) mass is 321 g/mol. The lowest BCUT2D eigenvalue weighted by Gasteiger charge is -2.46. The van der Waals surface area contributed by atoms with Crippen molar-refractivity contribution in [3.63, 3.8) is 0 Å². The Hall–Kier alpha value is -0.910. The minimum absolute atomic E-state index is 0.0289. The van der Waals surface area contributed by atoms with Crippen LogP contribution in [0.3, 0.4) is 0 Å². The van der Waals surface area contributed by atoms with Gasteiger partial charge in [-0.3, -0.25) is 0 Å². The lowest BCUT2D eigenvalue weighted by atomic mass is 9.85. The summed E-state index contributed by atoms with van der Waals surface area (Å²) in [5.74, 6) is 0.334. The minimum Gasteiger partial charge on any atom is -0.389 e. The third kappa shape index (κ3) is 1.85. The molecule has 4 nitrogen and oxygen atoms in total. The third-order valence-corrected chi connectivity index (χ3v) is 8.08. The maximum Gasteiger partial charge on any atom is 0.243 e. The normalized spacial score (nSPS) is 41.0. The van der Waals surface area contributed by atoms with Crippen molar-refractivity contribution in [3.8, 4) is 0 Å². The lowest BCUT2D eigenvalue weighted by molar-refractivity contribution is 0.00864. The number of nitrogens with zero attached hydrogens (tertiary/aromatic N) is 1. The van der Waals surface area contributed by atoms with E-state index in [1.54, 1.807) is 16.4 Å². The van der Waals surface area contributed by atoms with Gasteiger partial charge in [0.05, 0.1) is 10.5 Å². The van der Waals surface area contributed by atoms with E-state index in [1.165, 1.54) is 0 Å². The van der Waals surface area contributed by atoms with Gasteiger partial charge in [-0.05, 0) is 44.2 Å². The van der Waals surface area contributed by atoms with Gasteiger partial charge in [0.25, 0.3) is 0 Å². The molecular weight excluding hydrogens is 298 g/mol. The fraction of sp³-hybridized carbons (Fsp3) is 0.647. The van der Waals surface area contributed by atoms with Gasteiger partial charge in [0.2, 0.25) is 10.0 Å². The molecule has 5 atom stereocenters. The van der Waals surface area contributed by atoms with Crippen LogP contribution in [-0.4, -0.2) is 35.5 Å². The first kappa shape index (κ1) is 14.7. The Morgan fingerprint density at radius 2 is 1.91 bits per heavy atom. The molecule has 1 N–H and O–H groups in total. The van der Waals surface area contributed by atoms with Crippen molar-refractivity contribution < 1.29 is 13.5 Å². The van der Waals surface area contributed by atoms with Crippen LogP contribution < -0.4 is 0 Å². The van der Waals surface area contributed by atoms with E-state index in [2.05, 4.69) is 6.92 Å². The fourth-order valence-corrected chi connectivity index (χ4v) is 6.73. The smallest absolute Gasteiger partial charge is 0.243 e. The predicted octanol–water partition coefficient (Wildman–Crippen LogP) is 2.31. The first-order chi connectivity index (χ1) is 10.4. The van der Waals surface area contributed by atoms with E-state index in [4.69, 9.17) is 0 Å². The van der Waals surface area contributed by atoms with E-state index in [-0.39, 0.29) is 23.9 Å². The number of aryl methyl sites for hydroxylation is 1. The highest BCUT2D eigenvalue weighted by Gasteiger charge is 2.70. The van der Waals surface area contributed by atoms with E-state index in [0.717, 1.165) is 24.8 Å². The molecule has 2 bridgehead atoms. The maximum atomic E-state index is 13.1. The second-order valence-corrected chi connectivity index (χ2v) is 9.15. The molecule has 22 heavy (non-hydrogen) atoms. The van der Waals surface area contributed by atoms with Crippen LogP contribution in [0.15, 0.2) is 29.2 Å². The quantitative estimate of drug-likeness (QED) is 0.909. The Bertz CT molecular complexity index is 699. The Labute approximate surface area is 132 Å². The molecule has 1 aliphatic carbocycles. The maximum absolute atomic E-state index is 13.1. The van der Waals surface area contributed by atoms with Crippen LogP contribution in [0.1, 0.15) is 38.2 Å². The second kappa shape index (κ2) is 4.56. The summed E-state index contributed by atoms with van der Waals surface area (Å²) in [6.07, 6.45) is 3.40. The van der Waals surface area contributed by atoms with Gasteiger partial charge in [0.1, 0.15) is 0 Å². The molecule has 5 heteroatoms. The average molecular weight is 321 g/mol. The number of hydrogen-bond acceptors (Lipinski definition) is 3. The highest BCUT2D eigenvalue weighted by Crippen LogP contribution is 2.62. The molecule has 2 saturated heterocycles. The van der Waals surface area contributed by atoms with Gasteiger partial charge in [-0.1, -0.05) is 31.0 Å². The first-order valence-electron chi connectivity index (χ1n) is 8.18. The molecule has 0 aromatic heterocycles. The summed E-state index contributed by atoms with van der Waals surface area (Å²) in [4.78, 5) is 0.383. The van der Waals surface area contributed by atoms with Crippen LogP contribution in [0.25, 0.3) is 0 Å². The summed E-state index contributed by atoms with van der Waals surface area (Å²) in [6.45, 7) is 4.01. The molecule has 0 radical (unpaired) electrons. The summed E-state index contributed by atoms with van der Waals surface area (Å²) in [7, 11) is -3.47. The number of hydrogen-bond donors (Lipinski definition) is 1. The van der Waals surface area contributed by atoms with Gasteiger partial charge in [0.15, 0.2) is 0 Å². The predicted molar refractivity (Wildman–Crippen MR) is 83.9 cm³/mol. The number of piperidine rings is 2. The van der Waals surface area contributed by atoms with Crippen LogP contribution in [0.5, 0.6) is 0 Å². The molecule has 3 fully saturated rings. The molecule has 0 amide bonds. The molecule has 2 heterocycles. The molecule has 2 aliphatic heterocycles. The lowest BCUT2D eigenvalue weighted by Crippen LogP contribution is -2.56. The molecule has 1 saturated carbocycles. The fourth-order valence-electron chi connectivity index (χ4n) is 4.84. The van der Waals surface area contributed by atoms with Crippen molar-refractivity contribution >= 4 is 10.0 Å². The van der Waals surface area contributed by atoms with Crippen LogP contribution in [0, 0.1) is 18.8 Å². The van der Waals surface area contributed by atoms with Crippen LogP contribution in [0.2, 0.25) is 0 Å². The van der Waals surface area contributed by atoms with Gasteiger partial charge >= 0.3 is 0 Å². The molecule has 3 aliphatic rings. The summed E-state index contributed by atoms with van der Waals surface area (Å²) < 4.78 is 28.0. The highest BCUT2D eigenvalue weighted by molar-refractivity contribution is 7.89. The largest absolute Gasteiger partial charge is 0.389 e. The molecule has 0 unspecified atom stereocenters. The highest BCUT2D eigenvalue weighted by atomic mass is 32.2. The molecule has 0 spiro atoms. The van der Waals surface area contributed by atoms with E-state index in [9.17, 15) is 13.5 Å². The Balaban J connectivity index is 1.74. The Kier molecular flexibility index (Phi) is 3.04. The van der Waals surface area contributed by atoms with Crippen LogP contribution in [-0.2, 0) is 10.0 Å². The van der Waals surface area contributed by atoms with Crippen molar-refractivity contribution in [2.45, 2.75) is 62.1 Å². The van der Waals surface area contributed by atoms with Gasteiger partial charge in [0, 0.05) is 18.0 Å². The zero-order valence-corrected chi connectivity index (χ0v) is 13.9. The topological polar surface area (TPSA) is 57.6 Å². The number of sulfonamides is 1. The number of rotatable bonds is 2. The molecule has 1 aromatic carbocycles. The molecular formula is C17H23NO3S. The van der Waals surface area contributed by atoms with Gasteiger partial charge in [-0.15, -0.1) is 0 Å². The SMILES string of the molecule is Cc1ccc(S(=O)(=O)N2[C@H]3CCC[C@@H]2[C@H]2[C@@H](C)[C@@]2(O)C3)cc1. The van der Waals surface area contributed by atoms with Gasteiger partial charge < -0.3 is 5.11 Å². The summed E-state index contributed by atoms with van der Waals surface area (Å²) in [5.41, 5.74) is 0.442. The van der Waals surface area contributed by atoms with Crippen LogP contribution in [0.4, 0.5) is 0 Å². The average Bonchev–Trinajstić information content (AvgIpc) is 2.99. The Morgan fingerprint density at radius 1 is 1.23 bits per heavy atom. The van der Waals surface area contributed by atoms with Crippen molar-refractivity contribution in [2.75, 3.05) is 0 Å². The van der Waals surface area contributed by atoms with E-state index >= 15 is 0 Å². The van der Waals surface area contributed by atoms with E-state index in [0.29, 0.717) is 11.3 Å². The van der Waals surface area contributed by atoms with Crippen molar-refractivity contribution in [1.29, 1.82) is 0 Å². The van der Waals surface area contributed by atoms with Gasteiger partial charge in [-0.25, -0.2) is 8.42 Å². The van der Waals surface area contributed by atoms with E-state index in [1.807, 2.05) is 19.1 Å². The van der Waals surface area contributed by atoms with Crippen molar-refractivity contribution in [2.24, 2.45) is 11.8 Å². The summed E-state index contributed by atoms with van der Waals surface area (Å²) >= 11 is 0. The Morgan fingerprint density at radius 3 is 2.59 bits per heavy atom. The van der Waals surface area contributed by atoms with Crippen molar-refractivity contribution in [1.82, 2.24) is 4.31 Å². The molecule has 1 aromatic rings. The minimum atomic E-state index is -3.47. The molecule has 4 rings (SSSR count). The van der Waals surface area contributed by atoms with E-state index < -0.39 is 15.6 Å². The number of benzene rings is 1. The second-order valence-electron chi connectivity index (χ2n) is 7.31. The zero-order valence-electron chi connectivity index (χ0n) is 13.1. The number of fused-ring (bicyclic) bond motifs is 4. The standard InChI is InChI=1S/C17H23NO3S/c1-11-6-8-14(9-7-11)22(20,21)18-13-4-3-5-15(18)16-12(2)17(16,19)10-13/h6-9,12-13,15-16,19H,3-5,10H2,1-2H3/t12-,13+,15-,16-,17+/m1/s1. The van der Waals surface area contributed by atoms with Crippen molar-refractivity contribution in [3.05, 3.63) is 29.8 Å². The van der Waals surface area contributed by atoms with Gasteiger partial charge in [-0.2, -0.15) is 4.31 Å². The zero-order chi connectivity index (χ0) is 15.7. The first-order valence-corrected chi connectivity index (χ1v) is 9.62. The molecule has 120 valence electrons. The summed E-state index contributed by atoms with van der Waals surface area (Å²) in [6, 6.07) is 7.04. The number of aliphatic hydroxyl groups is 1. The third-order valence-electron chi connectivity index (χ3n) is 6.09.